The fourth-order valence-electron chi connectivity index (χ4n) is 1.75. The van der Waals surface area contributed by atoms with Gasteiger partial charge in [-0.2, -0.15) is 0 Å². The van der Waals surface area contributed by atoms with E-state index >= 15 is 0 Å². The van der Waals surface area contributed by atoms with Crippen LogP contribution in [-0.4, -0.2) is 14.1 Å². The lowest BCUT2D eigenvalue weighted by Crippen LogP contribution is -2.38. The highest BCUT2D eigenvalue weighted by atomic mass is 16.6. The smallest absolute Gasteiger partial charge is 0.303 e. The predicted molar refractivity (Wildman–Crippen MR) is 68.1 cm³/mol. The molecule has 7 heteroatoms. The second-order valence-corrected chi connectivity index (χ2v) is 4.02. The molecule has 0 radical (unpaired) electrons. The van der Waals surface area contributed by atoms with Gasteiger partial charge in [0.1, 0.15) is 0 Å². The lowest BCUT2D eigenvalue weighted by atomic mass is 10.2. The minimum atomic E-state index is -0.534. The molecule has 0 N–H and O–H groups in total. The number of hydrogen-bond acceptors (Lipinski definition) is 4. The third-order valence-electron chi connectivity index (χ3n) is 2.76. The third-order valence-corrected chi connectivity index (χ3v) is 2.76. The van der Waals surface area contributed by atoms with Crippen molar-refractivity contribution in [3.63, 3.8) is 0 Å². The van der Waals surface area contributed by atoms with Gasteiger partial charge in [-0.05, 0) is 0 Å². The first-order valence-electron chi connectivity index (χ1n) is 5.49. The summed E-state index contributed by atoms with van der Waals surface area (Å²) in [6.45, 7) is -0.122. The van der Waals surface area contributed by atoms with Crippen LogP contribution in [0.2, 0.25) is 0 Å². The van der Waals surface area contributed by atoms with Gasteiger partial charge in [0.25, 0.3) is 11.2 Å². The molecule has 1 aromatic carbocycles. The van der Waals surface area contributed by atoms with Crippen LogP contribution in [0.5, 0.6) is 0 Å². The van der Waals surface area contributed by atoms with Gasteiger partial charge in [0, 0.05) is 30.9 Å². The molecule has 0 atom stereocenters. The minimum Gasteiger partial charge on any atom is -0.303 e. The van der Waals surface area contributed by atoms with Crippen molar-refractivity contribution in [3.05, 3.63) is 73.0 Å². The Labute approximate surface area is 107 Å². The van der Waals surface area contributed by atoms with Crippen molar-refractivity contribution < 1.29 is 4.92 Å². The first-order valence-corrected chi connectivity index (χ1v) is 5.49. The third kappa shape index (κ3) is 2.44. The molecule has 0 aliphatic rings. The molecule has 19 heavy (non-hydrogen) atoms. The van der Waals surface area contributed by atoms with Crippen LogP contribution in [0.1, 0.15) is 5.56 Å². The van der Waals surface area contributed by atoms with Gasteiger partial charge in [0.05, 0.1) is 11.5 Å². The summed E-state index contributed by atoms with van der Waals surface area (Å²) < 4.78 is 2.21. The fourth-order valence-corrected chi connectivity index (χ4v) is 1.75. The van der Waals surface area contributed by atoms with E-state index in [9.17, 15) is 19.7 Å². The number of para-hydroxylation sites is 1. The van der Waals surface area contributed by atoms with Gasteiger partial charge in [-0.25, -0.2) is 4.79 Å². The molecule has 7 nitrogen and oxygen atoms in total. The van der Waals surface area contributed by atoms with E-state index in [1.165, 1.54) is 42.1 Å². The lowest BCUT2D eigenvalue weighted by Gasteiger charge is -2.06. The SMILES string of the molecule is Cn1ccc(=O)n(Cc2ccccc2[N+](=O)[O-])c1=O. The zero-order valence-electron chi connectivity index (χ0n) is 10.1. The Hall–Kier alpha value is -2.70. The summed E-state index contributed by atoms with van der Waals surface area (Å²) in [6.07, 6.45) is 1.36. The molecule has 2 rings (SSSR count). The molecule has 0 aliphatic carbocycles. The molecule has 0 aliphatic heterocycles. The number of aromatic nitrogens is 2. The Kier molecular flexibility index (Phi) is 3.28. The van der Waals surface area contributed by atoms with E-state index in [0.29, 0.717) is 5.56 Å². The van der Waals surface area contributed by atoms with Crippen molar-refractivity contribution in [2.45, 2.75) is 6.54 Å². The van der Waals surface area contributed by atoms with Crippen molar-refractivity contribution in [1.29, 1.82) is 0 Å². The largest absolute Gasteiger partial charge is 0.331 e. The van der Waals surface area contributed by atoms with Gasteiger partial charge in [-0.1, -0.05) is 18.2 Å². The van der Waals surface area contributed by atoms with Gasteiger partial charge in [-0.15, -0.1) is 0 Å². The van der Waals surface area contributed by atoms with Crippen LogP contribution in [0.15, 0.2) is 46.1 Å². The molecule has 0 saturated carbocycles. The summed E-state index contributed by atoms with van der Waals surface area (Å²) in [5.74, 6) is 0. The molecular weight excluding hydrogens is 250 g/mol. The van der Waals surface area contributed by atoms with E-state index in [0.717, 1.165) is 4.57 Å². The summed E-state index contributed by atoms with van der Waals surface area (Å²) in [5.41, 5.74) is -0.787. The highest BCUT2D eigenvalue weighted by Gasteiger charge is 2.14. The van der Waals surface area contributed by atoms with E-state index < -0.39 is 16.2 Å². The van der Waals surface area contributed by atoms with Crippen molar-refractivity contribution in [2.75, 3.05) is 0 Å². The summed E-state index contributed by atoms with van der Waals surface area (Å²) in [6, 6.07) is 7.27. The molecule has 0 spiro atoms. The lowest BCUT2D eigenvalue weighted by molar-refractivity contribution is -0.385. The molecule has 0 saturated heterocycles. The van der Waals surface area contributed by atoms with Gasteiger partial charge in [0.2, 0.25) is 0 Å². The molecule has 0 bridgehead atoms. The quantitative estimate of drug-likeness (QED) is 0.594. The van der Waals surface area contributed by atoms with Crippen LogP contribution in [0.25, 0.3) is 0 Å². The number of benzene rings is 1. The van der Waals surface area contributed by atoms with Crippen LogP contribution in [0.4, 0.5) is 5.69 Å². The summed E-state index contributed by atoms with van der Waals surface area (Å²) in [4.78, 5) is 33.8. The summed E-state index contributed by atoms with van der Waals surface area (Å²) >= 11 is 0. The average Bonchev–Trinajstić information content (AvgIpc) is 2.39. The highest BCUT2D eigenvalue weighted by molar-refractivity contribution is 5.39. The maximum atomic E-state index is 11.8. The second kappa shape index (κ2) is 4.89. The number of rotatable bonds is 3. The Morgan fingerprint density at radius 1 is 1.21 bits per heavy atom. The number of hydrogen-bond donors (Lipinski definition) is 0. The van der Waals surface area contributed by atoms with Crippen LogP contribution in [0, 0.1) is 10.1 Å². The highest BCUT2D eigenvalue weighted by Crippen LogP contribution is 2.17. The van der Waals surface area contributed by atoms with Crippen LogP contribution >= 0.6 is 0 Å². The monoisotopic (exact) mass is 261 g/mol. The molecule has 2 aromatic rings. The Morgan fingerprint density at radius 3 is 2.58 bits per heavy atom. The molecule has 1 heterocycles. The van der Waals surface area contributed by atoms with Gasteiger partial charge >= 0.3 is 5.69 Å². The molecule has 0 amide bonds. The Morgan fingerprint density at radius 2 is 1.89 bits per heavy atom. The zero-order valence-corrected chi connectivity index (χ0v) is 10.1. The van der Waals surface area contributed by atoms with E-state index in [-0.39, 0.29) is 12.2 Å². The van der Waals surface area contributed by atoms with Gasteiger partial charge < -0.3 is 4.57 Å². The number of nitro benzene ring substituents is 1. The molecule has 98 valence electrons. The molecule has 1 aromatic heterocycles. The average molecular weight is 261 g/mol. The first kappa shape index (κ1) is 12.7. The van der Waals surface area contributed by atoms with E-state index in [1.807, 2.05) is 0 Å². The normalized spacial score (nSPS) is 10.4. The summed E-state index contributed by atoms with van der Waals surface area (Å²) in [5, 5.41) is 10.9. The van der Waals surface area contributed by atoms with E-state index in [1.54, 1.807) is 6.07 Å². The van der Waals surface area contributed by atoms with Crippen molar-refractivity contribution in [1.82, 2.24) is 9.13 Å². The van der Waals surface area contributed by atoms with E-state index in [2.05, 4.69) is 0 Å². The number of nitro groups is 1. The number of nitrogens with zero attached hydrogens (tertiary/aromatic N) is 3. The van der Waals surface area contributed by atoms with Gasteiger partial charge in [-0.3, -0.25) is 19.5 Å². The number of aryl methyl sites for hydroxylation is 1. The zero-order chi connectivity index (χ0) is 14.0. The van der Waals surface area contributed by atoms with E-state index in [4.69, 9.17) is 0 Å². The Bertz CT molecular complexity index is 745. The van der Waals surface area contributed by atoms with Crippen molar-refractivity contribution in [3.8, 4) is 0 Å². The summed E-state index contributed by atoms with van der Waals surface area (Å²) in [7, 11) is 1.51. The van der Waals surface area contributed by atoms with Crippen molar-refractivity contribution >= 4 is 5.69 Å². The molecular formula is C12H11N3O4. The standard InChI is InChI=1S/C12H11N3O4/c1-13-7-6-11(16)14(12(13)17)8-9-4-2-3-5-10(9)15(18)19/h2-7H,8H2,1H3. The van der Waals surface area contributed by atoms with Gasteiger partial charge in [0.15, 0.2) is 0 Å². The topological polar surface area (TPSA) is 87.1 Å². The second-order valence-electron chi connectivity index (χ2n) is 4.02. The maximum Gasteiger partial charge on any atom is 0.331 e. The predicted octanol–water partition coefficient (Wildman–Crippen LogP) is 0.503. The van der Waals surface area contributed by atoms with Crippen LogP contribution in [-0.2, 0) is 13.6 Å². The van der Waals surface area contributed by atoms with Crippen molar-refractivity contribution in [2.24, 2.45) is 7.05 Å². The van der Waals surface area contributed by atoms with Crippen LogP contribution < -0.4 is 11.2 Å². The fraction of sp³-hybridized carbons (Fsp3) is 0.167. The first-order chi connectivity index (χ1) is 9.00. The maximum absolute atomic E-state index is 11.8. The molecule has 0 unspecified atom stereocenters. The Balaban J connectivity index is 2.54. The minimum absolute atomic E-state index is 0.111. The molecule has 0 fully saturated rings. The van der Waals surface area contributed by atoms with Crippen LogP contribution in [0.3, 0.4) is 0 Å².